The molecule has 6 heteroatoms. The maximum absolute atomic E-state index is 10.9. The van der Waals surface area contributed by atoms with Crippen molar-refractivity contribution in [3.8, 4) is 11.3 Å². The van der Waals surface area contributed by atoms with Gasteiger partial charge in [-0.25, -0.2) is 9.97 Å². The molecule has 6 rings (SSSR count). The van der Waals surface area contributed by atoms with Crippen LogP contribution in [0.4, 0.5) is 0 Å². The number of fused-ring (bicyclic) bond motifs is 3. The molecule has 3 heterocycles. The molecule has 136 valence electrons. The van der Waals surface area contributed by atoms with Crippen LogP contribution < -0.4 is 0 Å². The van der Waals surface area contributed by atoms with Crippen LogP contribution in [0.3, 0.4) is 0 Å². The van der Waals surface area contributed by atoms with Crippen molar-refractivity contribution in [2.45, 2.75) is 18.6 Å². The third-order valence-corrected chi connectivity index (χ3v) is 5.66. The molecule has 0 unspecified atom stereocenters. The van der Waals surface area contributed by atoms with Crippen molar-refractivity contribution in [2.24, 2.45) is 0 Å². The number of nitrogens with zero attached hydrogens (tertiary/aromatic N) is 4. The van der Waals surface area contributed by atoms with Crippen LogP contribution in [0.1, 0.15) is 17.2 Å². The summed E-state index contributed by atoms with van der Waals surface area (Å²) in [6.07, 6.45) is 5.32. The average Bonchev–Trinajstić information content (AvgIpc) is 3.41. The van der Waals surface area contributed by atoms with Crippen LogP contribution in [0, 0.1) is 0 Å². The number of rotatable bonds is 2. The van der Waals surface area contributed by atoms with E-state index in [1.54, 1.807) is 18.7 Å². The fourth-order valence-corrected chi connectivity index (χ4v) is 4.39. The van der Waals surface area contributed by atoms with Crippen LogP contribution in [0.25, 0.3) is 33.2 Å². The summed E-state index contributed by atoms with van der Waals surface area (Å²) in [7, 11) is 0. The molecule has 2 N–H and O–H groups in total. The Morgan fingerprint density at radius 1 is 1.00 bits per heavy atom. The molecule has 3 aromatic heterocycles. The van der Waals surface area contributed by atoms with Gasteiger partial charge in [0.1, 0.15) is 12.4 Å². The molecule has 2 aromatic carbocycles. The third-order valence-electron chi connectivity index (χ3n) is 5.66. The second-order valence-electron chi connectivity index (χ2n) is 7.24. The van der Waals surface area contributed by atoms with E-state index < -0.39 is 6.10 Å². The van der Waals surface area contributed by atoms with Gasteiger partial charge in [0.25, 0.3) is 0 Å². The van der Waals surface area contributed by atoms with Gasteiger partial charge >= 0.3 is 0 Å². The topological polar surface area (TPSA) is 79.6 Å². The van der Waals surface area contributed by atoms with E-state index in [0.717, 1.165) is 38.8 Å². The number of benzene rings is 2. The van der Waals surface area contributed by atoms with Crippen LogP contribution in [-0.4, -0.2) is 35.9 Å². The average molecular weight is 367 g/mol. The molecule has 0 aliphatic heterocycles. The molecule has 28 heavy (non-hydrogen) atoms. The smallest absolute Gasteiger partial charge is 0.116 e. The normalized spacial score (nSPS) is 18.8. The van der Waals surface area contributed by atoms with Gasteiger partial charge in [-0.05, 0) is 35.4 Å². The zero-order valence-electron chi connectivity index (χ0n) is 14.9. The number of nitrogens with one attached hydrogen (secondary N) is 1. The second kappa shape index (κ2) is 5.74. The maximum atomic E-state index is 10.9. The second-order valence-corrected chi connectivity index (χ2v) is 7.24. The molecule has 0 radical (unpaired) electrons. The lowest BCUT2D eigenvalue weighted by molar-refractivity contribution is 0.141. The number of aromatic nitrogens is 5. The van der Waals surface area contributed by atoms with Crippen LogP contribution in [0.15, 0.2) is 67.3 Å². The fourth-order valence-electron chi connectivity index (χ4n) is 4.39. The Kier molecular flexibility index (Phi) is 3.19. The van der Waals surface area contributed by atoms with Gasteiger partial charge in [0, 0.05) is 29.8 Å². The lowest BCUT2D eigenvalue weighted by Crippen LogP contribution is -2.22. The summed E-state index contributed by atoms with van der Waals surface area (Å²) in [4.78, 5) is 12.9. The molecule has 0 saturated heterocycles. The van der Waals surface area contributed by atoms with Gasteiger partial charge in [-0.1, -0.05) is 24.3 Å². The van der Waals surface area contributed by atoms with Crippen LogP contribution in [0.2, 0.25) is 0 Å². The van der Waals surface area contributed by atoms with Crippen molar-refractivity contribution in [3.63, 3.8) is 0 Å². The first-order chi connectivity index (χ1) is 13.8. The van der Waals surface area contributed by atoms with E-state index in [9.17, 15) is 5.11 Å². The molecule has 0 amide bonds. The van der Waals surface area contributed by atoms with Gasteiger partial charge in [-0.2, -0.15) is 0 Å². The minimum Gasteiger partial charge on any atom is -0.390 e. The molecule has 0 fully saturated rings. The lowest BCUT2D eigenvalue weighted by atomic mass is 10.1. The summed E-state index contributed by atoms with van der Waals surface area (Å²) in [6, 6.07) is 16.1. The highest BCUT2D eigenvalue weighted by Gasteiger charge is 2.34. The van der Waals surface area contributed by atoms with Gasteiger partial charge in [0.2, 0.25) is 0 Å². The van der Waals surface area contributed by atoms with Crippen molar-refractivity contribution in [1.29, 1.82) is 0 Å². The molecule has 0 saturated carbocycles. The maximum Gasteiger partial charge on any atom is 0.116 e. The van der Waals surface area contributed by atoms with Gasteiger partial charge in [0.15, 0.2) is 0 Å². The molecular weight excluding hydrogens is 350 g/mol. The number of aliphatic hydroxyl groups is 1. The van der Waals surface area contributed by atoms with Crippen LogP contribution in [0.5, 0.6) is 0 Å². The first kappa shape index (κ1) is 15.5. The zero-order chi connectivity index (χ0) is 18.7. The molecule has 0 bridgehead atoms. The number of hydrogen-bond donors (Lipinski definition) is 2. The largest absolute Gasteiger partial charge is 0.390 e. The fraction of sp³-hybridized carbons (Fsp3) is 0.136. The Bertz CT molecular complexity index is 1320. The Morgan fingerprint density at radius 2 is 1.79 bits per heavy atom. The van der Waals surface area contributed by atoms with Crippen LogP contribution >= 0.6 is 0 Å². The SMILES string of the molecule is O[C@H]1Cc2ccccc2[C@@H]1n1[nH]c(-c2ccncc2)c2cc3ncnc3cc21. The van der Waals surface area contributed by atoms with E-state index in [1.165, 1.54) is 5.56 Å². The summed E-state index contributed by atoms with van der Waals surface area (Å²) in [6.45, 7) is 0. The molecule has 2 atom stereocenters. The minimum atomic E-state index is -0.490. The standard InChI is InChI=1S/C22H17N5O/c28-20-9-14-3-1-2-4-15(14)22(20)27-19-11-18-17(24-12-25-18)10-16(19)21(26-27)13-5-7-23-8-6-13/h1-8,10-12,20,22,26,28H,9H2/t20-,22-/m0/s1. The van der Waals surface area contributed by atoms with Gasteiger partial charge in [-0.15, -0.1) is 0 Å². The number of aliphatic hydroxyl groups excluding tert-OH is 1. The summed E-state index contributed by atoms with van der Waals surface area (Å²) < 4.78 is 2.08. The highest BCUT2D eigenvalue weighted by atomic mass is 16.3. The zero-order valence-corrected chi connectivity index (χ0v) is 14.9. The van der Waals surface area contributed by atoms with Crippen molar-refractivity contribution < 1.29 is 5.11 Å². The summed E-state index contributed by atoms with van der Waals surface area (Å²) in [5, 5.41) is 15.5. The number of hydrogen-bond acceptors (Lipinski definition) is 4. The molecule has 0 spiro atoms. The number of aromatic amines is 1. The van der Waals surface area contributed by atoms with Crippen molar-refractivity contribution in [1.82, 2.24) is 24.7 Å². The van der Waals surface area contributed by atoms with Gasteiger partial charge in [0.05, 0.1) is 28.3 Å². The molecule has 1 aliphatic rings. The first-order valence-corrected chi connectivity index (χ1v) is 9.30. The molecule has 5 aromatic rings. The minimum absolute atomic E-state index is 0.172. The van der Waals surface area contributed by atoms with Crippen LogP contribution in [-0.2, 0) is 6.42 Å². The highest BCUT2D eigenvalue weighted by Crippen LogP contribution is 2.39. The first-order valence-electron chi connectivity index (χ1n) is 9.30. The Hall–Kier alpha value is -3.51. The van der Waals surface area contributed by atoms with Crippen molar-refractivity contribution in [3.05, 3.63) is 78.4 Å². The predicted octanol–water partition coefficient (Wildman–Crippen LogP) is 3.48. The summed E-state index contributed by atoms with van der Waals surface area (Å²) >= 11 is 0. The molecule has 1 aliphatic carbocycles. The summed E-state index contributed by atoms with van der Waals surface area (Å²) in [5.41, 5.74) is 7.08. The van der Waals surface area contributed by atoms with Gasteiger partial charge < -0.3 is 5.11 Å². The van der Waals surface area contributed by atoms with E-state index in [1.807, 2.05) is 30.3 Å². The van der Waals surface area contributed by atoms with Gasteiger partial charge in [-0.3, -0.25) is 14.8 Å². The molecular formula is C22H17N5O. The molecule has 6 nitrogen and oxygen atoms in total. The lowest BCUT2D eigenvalue weighted by Gasteiger charge is -2.19. The summed E-state index contributed by atoms with van der Waals surface area (Å²) in [5.74, 6) is 0. The quantitative estimate of drug-likeness (QED) is 0.501. The highest BCUT2D eigenvalue weighted by molar-refractivity contribution is 6.00. The Labute approximate surface area is 160 Å². The number of pyridine rings is 1. The van der Waals surface area contributed by atoms with E-state index in [4.69, 9.17) is 0 Å². The predicted molar refractivity (Wildman–Crippen MR) is 107 cm³/mol. The van der Waals surface area contributed by atoms with E-state index in [-0.39, 0.29) is 6.04 Å². The number of H-pyrrole nitrogens is 1. The van der Waals surface area contributed by atoms with Crippen molar-refractivity contribution in [2.75, 3.05) is 0 Å². The van der Waals surface area contributed by atoms with E-state index in [2.05, 4.69) is 42.9 Å². The number of imidazole rings is 1. The van der Waals surface area contributed by atoms with E-state index in [0.29, 0.717) is 6.42 Å². The van der Waals surface area contributed by atoms with Crippen molar-refractivity contribution >= 4 is 21.9 Å². The Balaban J connectivity index is 1.67. The van der Waals surface area contributed by atoms with E-state index >= 15 is 0 Å². The third kappa shape index (κ3) is 2.15. The monoisotopic (exact) mass is 367 g/mol. The Morgan fingerprint density at radius 3 is 2.64 bits per heavy atom.